The Labute approximate surface area is 98.5 Å². The molecular formula is C12H25NOS. The first-order valence-corrected chi connectivity index (χ1v) is 7.26. The fourth-order valence-corrected chi connectivity index (χ4v) is 2.21. The zero-order chi connectivity index (χ0) is 11.1. The Balaban J connectivity index is 2.08. The van der Waals surface area contributed by atoms with Crippen molar-refractivity contribution in [2.24, 2.45) is 5.41 Å². The maximum atomic E-state index is 5.40. The van der Waals surface area contributed by atoms with Gasteiger partial charge in [0.25, 0.3) is 0 Å². The highest BCUT2D eigenvalue weighted by Crippen LogP contribution is 2.28. The van der Waals surface area contributed by atoms with Crippen molar-refractivity contribution >= 4 is 11.8 Å². The van der Waals surface area contributed by atoms with Crippen molar-refractivity contribution < 1.29 is 4.74 Å². The first kappa shape index (κ1) is 13.3. The van der Waals surface area contributed by atoms with Crippen LogP contribution in [-0.4, -0.2) is 37.8 Å². The van der Waals surface area contributed by atoms with Gasteiger partial charge in [-0.1, -0.05) is 13.8 Å². The van der Waals surface area contributed by atoms with Crippen LogP contribution in [-0.2, 0) is 4.74 Å². The maximum absolute atomic E-state index is 5.40. The molecule has 0 radical (unpaired) electrons. The van der Waals surface area contributed by atoms with E-state index in [1.165, 1.54) is 19.3 Å². The van der Waals surface area contributed by atoms with Crippen LogP contribution in [0.25, 0.3) is 0 Å². The summed E-state index contributed by atoms with van der Waals surface area (Å²) < 4.78 is 5.40. The highest BCUT2D eigenvalue weighted by Gasteiger charge is 2.26. The highest BCUT2D eigenvalue weighted by atomic mass is 32.2. The summed E-state index contributed by atoms with van der Waals surface area (Å²) in [5.74, 6) is 0. The molecule has 1 aliphatic rings. The average molecular weight is 231 g/mol. The molecule has 1 rings (SSSR count). The molecule has 1 saturated heterocycles. The first-order chi connectivity index (χ1) is 7.16. The molecule has 90 valence electrons. The second-order valence-electron chi connectivity index (χ2n) is 4.93. The van der Waals surface area contributed by atoms with Gasteiger partial charge in [-0.2, -0.15) is 11.8 Å². The summed E-state index contributed by atoms with van der Waals surface area (Å²) >= 11 is 1.95. The van der Waals surface area contributed by atoms with Gasteiger partial charge in [-0.15, -0.1) is 0 Å². The second-order valence-corrected chi connectivity index (χ2v) is 6.21. The Morgan fingerprint density at radius 3 is 2.67 bits per heavy atom. The van der Waals surface area contributed by atoms with Crippen molar-refractivity contribution in [3.05, 3.63) is 0 Å². The van der Waals surface area contributed by atoms with E-state index in [-0.39, 0.29) is 0 Å². The molecule has 0 amide bonds. The van der Waals surface area contributed by atoms with Crippen LogP contribution in [0.4, 0.5) is 0 Å². The van der Waals surface area contributed by atoms with E-state index in [0.29, 0.717) is 5.41 Å². The molecule has 0 bridgehead atoms. The zero-order valence-corrected chi connectivity index (χ0v) is 11.2. The van der Waals surface area contributed by atoms with Gasteiger partial charge < -0.3 is 10.1 Å². The van der Waals surface area contributed by atoms with Crippen molar-refractivity contribution in [2.75, 3.05) is 32.6 Å². The molecule has 1 heterocycles. The van der Waals surface area contributed by atoms with Gasteiger partial charge in [0, 0.05) is 25.0 Å². The van der Waals surface area contributed by atoms with E-state index in [1.54, 1.807) is 0 Å². The summed E-state index contributed by atoms with van der Waals surface area (Å²) in [6.07, 6.45) is 5.87. The fraction of sp³-hybridized carbons (Fsp3) is 1.00. The van der Waals surface area contributed by atoms with E-state index >= 15 is 0 Å². The van der Waals surface area contributed by atoms with Gasteiger partial charge >= 0.3 is 0 Å². The molecule has 15 heavy (non-hydrogen) atoms. The minimum atomic E-state index is 0.473. The number of ether oxygens (including phenoxy) is 1. The Morgan fingerprint density at radius 2 is 2.07 bits per heavy atom. The topological polar surface area (TPSA) is 21.3 Å². The highest BCUT2D eigenvalue weighted by molar-refractivity contribution is 7.99. The summed E-state index contributed by atoms with van der Waals surface area (Å²) in [5.41, 5.74) is 0.473. The predicted octanol–water partition coefficient (Wildman–Crippen LogP) is 2.53. The quantitative estimate of drug-likeness (QED) is 0.710. The molecule has 0 aromatic carbocycles. The lowest BCUT2D eigenvalue weighted by molar-refractivity contribution is 0.0242. The van der Waals surface area contributed by atoms with Crippen LogP contribution in [0.5, 0.6) is 0 Å². The molecule has 1 aliphatic heterocycles. The van der Waals surface area contributed by atoms with Gasteiger partial charge in [-0.05, 0) is 37.5 Å². The molecular weight excluding hydrogens is 206 g/mol. The second kappa shape index (κ2) is 6.77. The third kappa shape index (κ3) is 5.23. The predicted molar refractivity (Wildman–Crippen MR) is 68.6 cm³/mol. The van der Waals surface area contributed by atoms with Crippen molar-refractivity contribution in [3.63, 3.8) is 0 Å². The molecule has 2 nitrogen and oxygen atoms in total. The van der Waals surface area contributed by atoms with Gasteiger partial charge in [0.2, 0.25) is 0 Å². The Hall–Kier alpha value is 0.270. The lowest BCUT2D eigenvalue weighted by Gasteiger charge is -2.33. The van der Waals surface area contributed by atoms with Crippen molar-refractivity contribution in [1.82, 2.24) is 5.32 Å². The van der Waals surface area contributed by atoms with Crippen LogP contribution in [0.3, 0.4) is 0 Å². The van der Waals surface area contributed by atoms with E-state index in [1.807, 2.05) is 11.8 Å². The van der Waals surface area contributed by atoms with Gasteiger partial charge in [0.05, 0.1) is 0 Å². The van der Waals surface area contributed by atoms with Crippen molar-refractivity contribution in [2.45, 2.75) is 38.4 Å². The van der Waals surface area contributed by atoms with Crippen molar-refractivity contribution in [1.29, 1.82) is 0 Å². The molecule has 0 aromatic heterocycles. The minimum absolute atomic E-state index is 0.473. The standard InChI is InChI=1S/C12H25NOS/c1-11(15-3)4-7-13-10-12(2)5-8-14-9-6-12/h11,13H,4-10H2,1-3H3. The molecule has 3 heteroatoms. The SMILES string of the molecule is CSC(C)CCNCC1(C)CCOCC1. The molecule has 1 unspecified atom stereocenters. The van der Waals surface area contributed by atoms with E-state index in [2.05, 4.69) is 25.4 Å². The molecule has 1 atom stereocenters. The normalized spacial score (nSPS) is 22.6. The fourth-order valence-electron chi connectivity index (χ4n) is 1.85. The van der Waals surface area contributed by atoms with Crippen LogP contribution in [0.2, 0.25) is 0 Å². The van der Waals surface area contributed by atoms with E-state index in [4.69, 9.17) is 4.74 Å². The third-order valence-electron chi connectivity index (χ3n) is 3.38. The lowest BCUT2D eigenvalue weighted by Crippen LogP contribution is -2.37. The van der Waals surface area contributed by atoms with Crippen LogP contribution < -0.4 is 5.32 Å². The zero-order valence-electron chi connectivity index (χ0n) is 10.3. The molecule has 0 spiro atoms. The summed E-state index contributed by atoms with van der Waals surface area (Å²) in [7, 11) is 0. The number of hydrogen-bond donors (Lipinski definition) is 1. The van der Waals surface area contributed by atoms with E-state index in [9.17, 15) is 0 Å². The Kier molecular flexibility index (Phi) is 6.02. The van der Waals surface area contributed by atoms with Gasteiger partial charge in [-0.25, -0.2) is 0 Å². The molecule has 1 N–H and O–H groups in total. The third-order valence-corrected chi connectivity index (χ3v) is 4.42. The molecule has 0 aliphatic carbocycles. The van der Waals surface area contributed by atoms with E-state index < -0.39 is 0 Å². The smallest absolute Gasteiger partial charge is 0.0471 e. The average Bonchev–Trinajstić information content (AvgIpc) is 2.25. The number of hydrogen-bond acceptors (Lipinski definition) is 3. The summed E-state index contributed by atoms with van der Waals surface area (Å²) in [4.78, 5) is 0. The van der Waals surface area contributed by atoms with Crippen LogP contribution >= 0.6 is 11.8 Å². The summed E-state index contributed by atoms with van der Waals surface area (Å²) in [5, 5.41) is 4.37. The number of rotatable bonds is 6. The largest absolute Gasteiger partial charge is 0.381 e. The Bertz CT molecular complexity index is 169. The minimum Gasteiger partial charge on any atom is -0.381 e. The van der Waals surface area contributed by atoms with Gasteiger partial charge in [-0.3, -0.25) is 0 Å². The maximum Gasteiger partial charge on any atom is 0.0471 e. The summed E-state index contributed by atoms with van der Waals surface area (Å²) in [6, 6.07) is 0. The van der Waals surface area contributed by atoms with Crippen molar-refractivity contribution in [3.8, 4) is 0 Å². The van der Waals surface area contributed by atoms with Crippen LogP contribution in [0.1, 0.15) is 33.1 Å². The molecule has 1 fully saturated rings. The monoisotopic (exact) mass is 231 g/mol. The molecule has 0 aromatic rings. The number of nitrogens with one attached hydrogen (secondary N) is 1. The van der Waals surface area contributed by atoms with Gasteiger partial charge in [0.15, 0.2) is 0 Å². The van der Waals surface area contributed by atoms with Crippen LogP contribution in [0.15, 0.2) is 0 Å². The number of thioether (sulfide) groups is 1. The van der Waals surface area contributed by atoms with Crippen LogP contribution in [0, 0.1) is 5.41 Å². The lowest BCUT2D eigenvalue weighted by atomic mass is 9.82. The first-order valence-electron chi connectivity index (χ1n) is 5.97. The van der Waals surface area contributed by atoms with Gasteiger partial charge in [0.1, 0.15) is 0 Å². The summed E-state index contributed by atoms with van der Waals surface area (Å²) in [6.45, 7) is 8.86. The molecule has 0 saturated carbocycles. The van der Waals surface area contributed by atoms with E-state index in [0.717, 1.165) is 31.6 Å². The Morgan fingerprint density at radius 1 is 1.40 bits per heavy atom.